The summed E-state index contributed by atoms with van der Waals surface area (Å²) >= 11 is 5.83. The van der Waals surface area contributed by atoms with Gasteiger partial charge >= 0.3 is 0 Å². The maximum Gasteiger partial charge on any atom is 0.119 e. The molecular weight excluding hydrogens is 260 g/mol. The third kappa shape index (κ3) is 4.27. The largest absolute Gasteiger partial charge is 0.497 e. The molecule has 1 atom stereocenters. The van der Waals surface area contributed by atoms with Crippen LogP contribution < -0.4 is 4.74 Å². The summed E-state index contributed by atoms with van der Waals surface area (Å²) in [5, 5.41) is 10.8. The smallest absolute Gasteiger partial charge is 0.119 e. The molecule has 0 aliphatic heterocycles. The number of hydrogen-bond donors (Lipinski definition) is 1. The molecule has 2 rings (SSSR count). The Morgan fingerprint density at radius 1 is 1.05 bits per heavy atom. The zero-order valence-electron chi connectivity index (χ0n) is 10.8. The summed E-state index contributed by atoms with van der Waals surface area (Å²) in [5.74, 6) is 0.816. The van der Waals surface area contributed by atoms with Crippen LogP contribution in [0.3, 0.4) is 0 Å². The summed E-state index contributed by atoms with van der Waals surface area (Å²) in [5.41, 5.74) is 2.15. The highest BCUT2D eigenvalue weighted by Gasteiger charge is 2.07. The Labute approximate surface area is 118 Å². The molecule has 0 fully saturated rings. The van der Waals surface area contributed by atoms with Crippen molar-refractivity contribution in [3.63, 3.8) is 0 Å². The van der Waals surface area contributed by atoms with Crippen molar-refractivity contribution in [3.05, 3.63) is 64.7 Å². The SMILES string of the molecule is COc1cccc(CC(O)Cc2ccc(Cl)cc2)c1. The van der Waals surface area contributed by atoms with E-state index in [-0.39, 0.29) is 0 Å². The van der Waals surface area contributed by atoms with Gasteiger partial charge in [-0.3, -0.25) is 0 Å². The van der Waals surface area contributed by atoms with Gasteiger partial charge in [0, 0.05) is 5.02 Å². The van der Waals surface area contributed by atoms with Gasteiger partial charge in [-0.05, 0) is 48.2 Å². The number of ether oxygens (including phenoxy) is 1. The van der Waals surface area contributed by atoms with Crippen LogP contribution in [0.2, 0.25) is 5.02 Å². The Morgan fingerprint density at radius 2 is 1.74 bits per heavy atom. The van der Waals surface area contributed by atoms with E-state index < -0.39 is 6.10 Å². The Kier molecular flexibility index (Phi) is 4.83. The van der Waals surface area contributed by atoms with Crippen molar-refractivity contribution in [2.45, 2.75) is 18.9 Å². The second kappa shape index (κ2) is 6.60. The van der Waals surface area contributed by atoms with Crippen LogP contribution in [0, 0.1) is 0 Å². The fraction of sp³-hybridized carbons (Fsp3) is 0.250. The van der Waals surface area contributed by atoms with E-state index in [9.17, 15) is 5.11 Å². The van der Waals surface area contributed by atoms with Gasteiger partial charge in [-0.2, -0.15) is 0 Å². The van der Waals surface area contributed by atoms with Crippen LogP contribution in [-0.4, -0.2) is 18.3 Å². The summed E-state index contributed by atoms with van der Waals surface area (Å²) in [6.07, 6.45) is 0.821. The summed E-state index contributed by atoms with van der Waals surface area (Å²) in [7, 11) is 1.64. The molecule has 2 aromatic carbocycles. The molecular formula is C16H17ClO2. The molecule has 2 aromatic rings. The zero-order chi connectivity index (χ0) is 13.7. The van der Waals surface area contributed by atoms with E-state index in [0.717, 1.165) is 16.9 Å². The van der Waals surface area contributed by atoms with E-state index in [1.54, 1.807) is 7.11 Å². The number of halogens is 1. The minimum atomic E-state index is -0.409. The lowest BCUT2D eigenvalue weighted by atomic mass is 10.0. The molecule has 100 valence electrons. The number of benzene rings is 2. The second-order valence-electron chi connectivity index (χ2n) is 4.54. The Hall–Kier alpha value is -1.51. The third-order valence-electron chi connectivity index (χ3n) is 2.99. The van der Waals surface area contributed by atoms with Gasteiger partial charge in [0.15, 0.2) is 0 Å². The predicted molar refractivity (Wildman–Crippen MR) is 77.9 cm³/mol. The first-order valence-electron chi connectivity index (χ1n) is 6.23. The van der Waals surface area contributed by atoms with Gasteiger partial charge in [0.05, 0.1) is 13.2 Å². The normalized spacial score (nSPS) is 12.2. The minimum absolute atomic E-state index is 0.409. The van der Waals surface area contributed by atoms with Crippen molar-refractivity contribution in [2.24, 2.45) is 0 Å². The molecule has 0 saturated heterocycles. The van der Waals surface area contributed by atoms with Gasteiger partial charge in [-0.25, -0.2) is 0 Å². The number of aliphatic hydroxyl groups is 1. The highest BCUT2D eigenvalue weighted by atomic mass is 35.5. The molecule has 0 aliphatic carbocycles. The molecule has 0 aliphatic rings. The van der Waals surface area contributed by atoms with Gasteiger partial charge < -0.3 is 9.84 Å². The topological polar surface area (TPSA) is 29.5 Å². The van der Waals surface area contributed by atoms with Crippen molar-refractivity contribution >= 4 is 11.6 Å². The van der Waals surface area contributed by atoms with Gasteiger partial charge in [0.1, 0.15) is 5.75 Å². The lowest BCUT2D eigenvalue weighted by Gasteiger charge is -2.11. The number of hydrogen-bond acceptors (Lipinski definition) is 2. The van der Waals surface area contributed by atoms with E-state index in [1.807, 2.05) is 48.5 Å². The molecule has 0 heterocycles. The second-order valence-corrected chi connectivity index (χ2v) is 4.98. The Bertz CT molecular complexity index is 523. The van der Waals surface area contributed by atoms with Crippen molar-refractivity contribution in [3.8, 4) is 5.75 Å². The fourth-order valence-electron chi connectivity index (χ4n) is 2.04. The van der Waals surface area contributed by atoms with E-state index >= 15 is 0 Å². The lowest BCUT2D eigenvalue weighted by molar-refractivity contribution is 0.175. The fourth-order valence-corrected chi connectivity index (χ4v) is 2.16. The van der Waals surface area contributed by atoms with E-state index in [4.69, 9.17) is 16.3 Å². The van der Waals surface area contributed by atoms with Crippen LogP contribution in [-0.2, 0) is 12.8 Å². The van der Waals surface area contributed by atoms with Crippen LogP contribution in [0.5, 0.6) is 5.75 Å². The molecule has 3 heteroatoms. The maximum atomic E-state index is 10.1. The van der Waals surface area contributed by atoms with Gasteiger partial charge in [0.2, 0.25) is 0 Å². The van der Waals surface area contributed by atoms with Crippen LogP contribution >= 0.6 is 11.6 Å². The van der Waals surface area contributed by atoms with Crippen LogP contribution in [0.4, 0.5) is 0 Å². The summed E-state index contributed by atoms with van der Waals surface area (Å²) in [4.78, 5) is 0. The van der Waals surface area contributed by atoms with E-state index in [0.29, 0.717) is 17.9 Å². The molecule has 2 nitrogen and oxygen atoms in total. The summed E-state index contributed by atoms with van der Waals surface area (Å²) in [6, 6.07) is 15.3. The van der Waals surface area contributed by atoms with E-state index in [2.05, 4.69) is 0 Å². The molecule has 0 saturated carbocycles. The van der Waals surface area contributed by atoms with Crippen LogP contribution in [0.25, 0.3) is 0 Å². The highest BCUT2D eigenvalue weighted by Crippen LogP contribution is 2.16. The molecule has 0 amide bonds. The predicted octanol–water partition coefficient (Wildman–Crippen LogP) is 3.49. The average Bonchev–Trinajstić information content (AvgIpc) is 2.41. The Morgan fingerprint density at radius 3 is 2.42 bits per heavy atom. The first-order chi connectivity index (χ1) is 9.17. The van der Waals surface area contributed by atoms with Gasteiger partial charge in [-0.15, -0.1) is 0 Å². The Balaban J connectivity index is 1.96. The molecule has 1 unspecified atom stereocenters. The first-order valence-corrected chi connectivity index (χ1v) is 6.60. The van der Waals surface area contributed by atoms with Crippen LogP contribution in [0.1, 0.15) is 11.1 Å². The zero-order valence-corrected chi connectivity index (χ0v) is 11.6. The maximum absolute atomic E-state index is 10.1. The number of rotatable bonds is 5. The van der Waals surface area contributed by atoms with Crippen molar-refractivity contribution < 1.29 is 9.84 Å². The molecule has 0 spiro atoms. The summed E-state index contributed by atoms with van der Waals surface area (Å²) in [6.45, 7) is 0. The number of aliphatic hydroxyl groups excluding tert-OH is 1. The summed E-state index contributed by atoms with van der Waals surface area (Å²) < 4.78 is 5.17. The van der Waals surface area contributed by atoms with Gasteiger partial charge in [-0.1, -0.05) is 35.9 Å². The quantitative estimate of drug-likeness (QED) is 0.906. The molecule has 0 aromatic heterocycles. The molecule has 0 radical (unpaired) electrons. The first kappa shape index (κ1) is 13.9. The highest BCUT2D eigenvalue weighted by molar-refractivity contribution is 6.30. The van der Waals surface area contributed by atoms with Gasteiger partial charge in [0.25, 0.3) is 0 Å². The number of methoxy groups -OCH3 is 1. The third-order valence-corrected chi connectivity index (χ3v) is 3.24. The molecule has 0 bridgehead atoms. The lowest BCUT2D eigenvalue weighted by Crippen LogP contribution is -2.13. The van der Waals surface area contributed by atoms with Crippen molar-refractivity contribution in [1.29, 1.82) is 0 Å². The monoisotopic (exact) mass is 276 g/mol. The average molecular weight is 277 g/mol. The molecule has 19 heavy (non-hydrogen) atoms. The standard InChI is InChI=1S/C16H17ClO2/c1-19-16-4-2-3-13(11-16)10-15(18)9-12-5-7-14(17)8-6-12/h2-8,11,15,18H,9-10H2,1H3. The molecule has 1 N–H and O–H groups in total. The van der Waals surface area contributed by atoms with Crippen molar-refractivity contribution in [2.75, 3.05) is 7.11 Å². The van der Waals surface area contributed by atoms with E-state index in [1.165, 1.54) is 0 Å². The minimum Gasteiger partial charge on any atom is -0.497 e. The van der Waals surface area contributed by atoms with Crippen LogP contribution in [0.15, 0.2) is 48.5 Å². The van der Waals surface area contributed by atoms with Crippen molar-refractivity contribution in [1.82, 2.24) is 0 Å².